The Morgan fingerprint density at radius 3 is 2.74 bits per heavy atom. The summed E-state index contributed by atoms with van der Waals surface area (Å²) in [4.78, 5) is 24.8. The molecular formula is C15H18O3S. The van der Waals surface area contributed by atoms with Crippen molar-refractivity contribution >= 4 is 23.5 Å². The third kappa shape index (κ3) is 3.38. The number of thioether (sulfide) groups is 1. The van der Waals surface area contributed by atoms with Crippen molar-refractivity contribution in [3.63, 3.8) is 0 Å². The number of benzene rings is 1. The number of rotatable bonds is 1. The smallest absolute Gasteiger partial charge is 0.316 e. The first-order valence-electron chi connectivity index (χ1n) is 6.40. The van der Waals surface area contributed by atoms with Gasteiger partial charge < -0.3 is 4.74 Å². The first kappa shape index (κ1) is 14.1. The van der Waals surface area contributed by atoms with Gasteiger partial charge in [-0.3, -0.25) is 9.59 Å². The van der Waals surface area contributed by atoms with Crippen LogP contribution in [0.4, 0.5) is 0 Å². The molecule has 0 saturated heterocycles. The summed E-state index contributed by atoms with van der Waals surface area (Å²) in [5.41, 5.74) is 0.132. The number of Topliss-reactive ketones (excluding diaryl/α,β-unsaturated/α-hetero) is 1. The number of ether oxygens (including phenoxy) is 1. The summed E-state index contributed by atoms with van der Waals surface area (Å²) >= 11 is 1.69. The van der Waals surface area contributed by atoms with Gasteiger partial charge in [0.1, 0.15) is 5.75 Å². The lowest BCUT2D eigenvalue weighted by molar-refractivity contribution is -0.143. The fourth-order valence-electron chi connectivity index (χ4n) is 1.73. The molecule has 0 aliphatic carbocycles. The quantitative estimate of drug-likeness (QED) is 0.580. The average molecular weight is 278 g/mol. The van der Waals surface area contributed by atoms with Crippen molar-refractivity contribution in [2.24, 2.45) is 5.41 Å². The van der Waals surface area contributed by atoms with Gasteiger partial charge in [-0.25, -0.2) is 0 Å². The number of ketones is 1. The van der Waals surface area contributed by atoms with E-state index in [1.807, 2.05) is 6.07 Å². The van der Waals surface area contributed by atoms with Crippen molar-refractivity contribution in [2.75, 3.05) is 5.75 Å². The second kappa shape index (κ2) is 5.37. The van der Waals surface area contributed by atoms with Crippen molar-refractivity contribution in [3.05, 3.63) is 23.8 Å². The van der Waals surface area contributed by atoms with Crippen LogP contribution in [0, 0.1) is 5.41 Å². The summed E-state index contributed by atoms with van der Waals surface area (Å²) < 4.78 is 5.33. The minimum atomic E-state index is -0.550. The van der Waals surface area contributed by atoms with Crippen LogP contribution in [0.1, 0.15) is 44.0 Å². The zero-order valence-electron chi connectivity index (χ0n) is 11.5. The zero-order valence-corrected chi connectivity index (χ0v) is 12.3. The van der Waals surface area contributed by atoms with Crippen LogP contribution >= 0.6 is 11.8 Å². The van der Waals surface area contributed by atoms with E-state index in [0.29, 0.717) is 17.7 Å². The number of hydrogen-bond acceptors (Lipinski definition) is 4. The predicted molar refractivity (Wildman–Crippen MR) is 75.8 cm³/mol. The van der Waals surface area contributed by atoms with E-state index in [0.717, 1.165) is 17.1 Å². The van der Waals surface area contributed by atoms with E-state index in [4.69, 9.17) is 4.74 Å². The van der Waals surface area contributed by atoms with Crippen molar-refractivity contribution in [1.29, 1.82) is 0 Å². The minimum Gasteiger partial charge on any atom is -0.426 e. The predicted octanol–water partition coefficient (Wildman–Crippen LogP) is 3.71. The molecule has 1 aliphatic rings. The number of fused-ring (bicyclic) bond motifs is 1. The average Bonchev–Trinajstić information content (AvgIpc) is 2.51. The standard InChI is InChI=1S/C15H18O3S/c1-15(2,3)14(17)18-10-6-7-13-11(9-10)12(16)5-4-8-19-13/h6-7,9H,4-5,8H2,1-3H3. The van der Waals surface area contributed by atoms with Gasteiger partial charge in [-0.1, -0.05) is 0 Å². The molecule has 3 nitrogen and oxygen atoms in total. The van der Waals surface area contributed by atoms with E-state index in [1.165, 1.54) is 0 Å². The molecule has 19 heavy (non-hydrogen) atoms. The Morgan fingerprint density at radius 1 is 1.32 bits per heavy atom. The van der Waals surface area contributed by atoms with Gasteiger partial charge >= 0.3 is 5.97 Å². The molecule has 4 heteroatoms. The van der Waals surface area contributed by atoms with Crippen molar-refractivity contribution in [2.45, 2.75) is 38.5 Å². The zero-order chi connectivity index (χ0) is 14.0. The summed E-state index contributed by atoms with van der Waals surface area (Å²) in [6.07, 6.45) is 1.46. The molecule has 2 rings (SSSR count). The highest BCUT2D eigenvalue weighted by Crippen LogP contribution is 2.32. The van der Waals surface area contributed by atoms with E-state index in [1.54, 1.807) is 44.7 Å². The van der Waals surface area contributed by atoms with Crippen LogP contribution in [0.2, 0.25) is 0 Å². The molecule has 0 radical (unpaired) electrons. The van der Waals surface area contributed by atoms with Crippen LogP contribution in [0.15, 0.2) is 23.1 Å². The van der Waals surface area contributed by atoms with Crippen LogP contribution in [0.5, 0.6) is 5.75 Å². The van der Waals surface area contributed by atoms with Crippen LogP contribution in [-0.2, 0) is 4.79 Å². The van der Waals surface area contributed by atoms with Crippen LogP contribution < -0.4 is 4.74 Å². The maximum atomic E-state index is 12.0. The van der Waals surface area contributed by atoms with E-state index in [9.17, 15) is 9.59 Å². The lowest BCUT2D eigenvalue weighted by Gasteiger charge is -2.17. The summed E-state index contributed by atoms with van der Waals surface area (Å²) in [6.45, 7) is 5.42. The highest BCUT2D eigenvalue weighted by Gasteiger charge is 2.24. The Hall–Kier alpha value is -1.29. The first-order chi connectivity index (χ1) is 8.88. The third-order valence-electron chi connectivity index (χ3n) is 2.88. The van der Waals surface area contributed by atoms with Crippen LogP contribution in [0.3, 0.4) is 0 Å². The van der Waals surface area contributed by atoms with Gasteiger partial charge in [-0.2, -0.15) is 0 Å². The fraction of sp³-hybridized carbons (Fsp3) is 0.467. The maximum absolute atomic E-state index is 12.0. The highest BCUT2D eigenvalue weighted by molar-refractivity contribution is 7.99. The molecule has 1 aliphatic heterocycles. The molecule has 0 bridgehead atoms. The van der Waals surface area contributed by atoms with Crippen molar-refractivity contribution < 1.29 is 14.3 Å². The Morgan fingerprint density at radius 2 is 2.05 bits per heavy atom. The Kier molecular flexibility index (Phi) is 3.99. The third-order valence-corrected chi connectivity index (χ3v) is 4.04. The van der Waals surface area contributed by atoms with Crippen LogP contribution in [0.25, 0.3) is 0 Å². The monoisotopic (exact) mass is 278 g/mol. The molecule has 1 heterocycles. The van der Waals surface area contributed by atoms with E-state index in [2.05, 4.69) is 0 Å². The Bertz CT molecular complexity index is 515. The van der Waals surface area contributed by atoms with Gasteiger partial charge in [-0.05, 0) is 51.1 Å². The summed E-state index contributed by atoms with van der Waals surface area (Å²) in [5.74, 6) is 1.25. The molecule has 1 aromatic carbocycles. The lowest BCUT2D eigenvalue weighted by atomic mass is 9.97. The molecule has 0 unspecified atom stereocenters. The molecule has 0 amide bonds. The number of hydrogen-bond donors (Lipinski definition) is 0. The topological polar surface area (TPSA) is 43.4 Å². The summed E-state index contributed by atoms with van der Waals surface area (Å²) in [6, 6.07) is 5.32. The minimum absolute atomic E-state index is 0.133. The number of carbonyl (C=O) groups is 2. The largest absolute Gasteiger partial charge is 0.426 e. The lowest BCUT2D eigenvalue weighted by Crippen LogP contribution is -2.25. The van der Waals surface area contributed by atoms with Crippen molar-refractivity contribution in [3.8, 4) is 5.75 Å². The van der Waals surface area contributed by atoms with Gasteiger partial charge in [0.15, 0.2) is 5.78 Å². The van der Waals surface area contributed by atoms with Crippen LogP contribution in [-0.4, -0.2) is 17.5 Å². The van der Waals surface area contributed by atoms with Gasteiger partial charge in [-0.15, -0.1) is 11.8 Å². The fourth-order valence-corrected chi connectivity index (χ4v) is 2.73. The molecule has 0 N–H and O–H groups in total. The van der Waals surface area contributed by atoms with Gasteiger partial charge in [0.2, 0.25) is 0 Å². The SMILES string of the molecule is CC(C)(C)C(=O)Oc1ccc2c(c1)C(=O)CCCS2. The van der Waals surface area contributed by atoms with E-state index < -0.39 is 5.41 Å². The molecule has 1 aromatic rings. The first-order valence-corrected chi connectivity index (χ1v) is 7.39. The molecule has 0 saturated carbocycles. The highest BCUT2D eigenvalue weighted by atomic mass is 32.2. The molecular weight excluding hydrogens is 260 g/mol. The summed E-state index contributed by atoms with van der Waals surface area (Å²) in [5, 5.41) is 0. The Labute approximate surface area is 117 Å². The van der Waals surface area contributed by atoms with E-state index in [-0.39, 0.29) is 11.8 Å². The second-order valence-electron chi connectivity index (χ2n) is 5.67. The normalized spacial score (nSPS) is 15.6. The van der Waals surface area contributed by atoms with Crippen molar-refractivity contribution in [1.82, 2.24) is 0 Å². The molecule has 0 spiro atoms. The van der Waals surface area contributed by atoms with Gasteiger partial charge in [0.25, 0.3) is 0 Å². The van der Waals surface area contributed by atoms with Gasteiger partial charge in [0, 0.05) is 16.9 Å². The number of carbonyl (C=O) groups excluding carboxylic acids is 2. The molecule has 0 fully saturated rings. The summed E-state index contributed by atoms with van der Waals surface area (Å²) in [7, 11) is 0. The Balaban J connectivity index is 2.25. The maximum Gasteiger partial charge on any atom is 0.316 e. The second-order valence-corrected chi connectivity index (χ2v) is 6.81. The van der Waals surface area contributed by atoms with Gasteiger partial charge in [0.05, 0.1) is 5.41 Å². The molecule has 0 aromatic heterocycles. The molecule has 102 valence electrons. The number of esters is 1. The van der Waals surface area contributed by atoms with E-state index >= 15 is 0 Å². The molecule has 0 atom stereocenters.